The highest BCUT2D eigenvalue weighted by atomic mass is 32.2. The molecule has 2 aliphatic rings. The monoisotopic (exact) mass is 453 g/mol. The summed E-state index contributed by atoms with van der Waals surface area (Å²) in [5.74, 6) is -0.755. The molecule has 164 valence electrons. The van der Waals surface area contributed by atoms with Crippen molar-refractivity contribution in [2.75, 3.05) is 0 Å². The summed E-state index contributed by atoms with van der Waals surface area (Å²) in [6.07, 6.45) is 4.30. The van der Waals surface area contributed by atoms with Crippen molar-refractivity contribution in [2.24, 2.45) is 4.99 Å². The first kappa shape index (κ1) is 21.4. The van der Waals surface area contributed by atoms with Crippen LogP contribution in [0.4, 0.5) is 0 Å². The van der Waals surface area contributed by atoms with Crippen LogP contribution in [0, 0.1) is 0 Å². The average Bonchev–Trinajstić information content (AvgIpc) is 3.06. The van der Waals surface area contributed by atoms with E-state index >= 15 is 0 Å². The Kier molecular flexibility index (Phi) is 5.73. The maximum atomic E-state index is 12.9. The van der Waals surface area contributed by atoms with Crippen molar-refractivity contribution in [1.82, 2.24) is 0 Å². The molecule has 0 fully saturated rings. The molecule has 1 amide bonds. The summed E-state index contributed by atoms with van der Waals surface area (Å²) in [6.45, 7) is 1.78. The van der Waals surface area contributed by atoms with E-state index in [9.17, 15) is 9.59 Å². The molecule has 0 bridgehead atoms. The minimum absolute atomic E-state index is 0.277. The first-order valence-electron chi connectivity index (χ1n) is 11.0. The Morgan fingerprint density at radius 1 is 0.939 bits per heavy atom. The van der Waals surface area contributed by atoms with Gasteiger partial charge >= 0.3 is 5.97 Å². The third kappa shape index (κ3) is 4.29. The Bertz CT molecular complexity index is 1230. The van der Waals surface area contributed by atoms with Gasteiger partial charge < -0.3 is 4.74 Å². The number of amides is 1. The van der Waals surface area contributed by atoms with E-state index in [2.05, 4.69) is 17.1 Å². The van der Waals surface area contributed by atoms with E-state index in [1.165, 1.54) is 29.0 Å². The fourth-order valence-corrected chi connectivity index (χ4v) is 5.31. The van der Waals surface area contributed by atoms with Crippen LogP contribution in [0.1, 0.15) is 40.8 Å². The molecule has 33 heavy (non-hydrogen) atoms. The van der Waals surface area contributed by atoms with Gasteiger partial charge in [-0.3, -0.25) is 4.79 Å². The maximum absolute atomic E-state index is 12.9. The lowest BCUT2D eigenvalue weighted by Crippen LogP contribution is -2.24. The fourth-order valence-electron chi connectivity index (χ4n) is 4.26. The summed E-state index contributed by atoms with van der Waals surface area (Å²) >= 11 is 1.35. The van der Waals surface area contributed by atoms with Crippen LogP contribution in [0.3, 0.4) is 0 Å². The highest BCUT2D eigenvalue weighted by molar-refractivity contribution is 8.16. The van der Waals surface area contributed by atoms with E-state index in [0.717, 1.165) is 29.5 Å². The number of aryl methyl sites for hydroxylation is 2. The van der Waals surface area contributed by atoms with Gasteiger partial charge in [0.05, 0.1) is 0 Å². The van der Waals surface area contributed by atoms with Crippen molar-refractivity contribution in [3.8, 4) is 0 Å². The number of ether oxygens (including phenoxy) is 1. The SMILES string of the molecule is C[C@@]1(/C=C/C(=O)OC2c3ccccc3CCc3ccccc32)SC(c2ccccc2)=NC1=O. The Morgan fingerprint density at radius 3 is 2.15 bits per heavy atom. The fraction of sp³-hybridized carbons (Fsp3) is 0.179. The van der Waals surface area contributed by atoms with E-state index < -0.39 is 16.8 Å². The number of carbonyl (C=O) groups excluding carboxylic acids is 2. The van der Waals surface area contributed by atoms with Crippen LogP contribution in [0.5, 0.6) is 0 Å². The van der Waals surface area contributed by atoms with E-state index in [0.29, 0.717) is 5.04 Å². The molecule has 1 atom stereocenters. The van der Waals surface area contributed by atoms with Crippen LogP contribution in [-0.4, -0.2) is 21.7 Å². The number of benzene rings is 3. The summed E-state index contributed by atoms with van der Waals surface area (Å²) < 4.78 is 5.05. The molecule has 0 aromatic heterocycles. The van der Waals surface area contributed by atoms with Gasteiger partial charge in [-0.05, 0) is 30.9 Å². The molecule has 0 radical (unpaired) electrons. The van der Waals surface area contributed by atoms with Gasteiger partial charge in [0.2, 0.25) is 0 Å². The van der Waals surface area contributed by atoms with Crippen molar-refractivity contribution < 1.29 is 14.3 Å². The Labute approximate surface area is 197 Å². The lowest BCUT2D eigenvalue weighted by atomic mass is 9.97. The second kappa shape index (κ2) is 8.83. The predicted molar refractivity (Wildman–Crippen MR) is 131 cm³/mol. The number of rotatable bonds is 4. The summed E-state index contributed by atoms with van der Waals surface area (Å²) in [6, 6.07) is 25.8. The third-order valence-corrected chi connectivity index (χ3v) is 7.32. The standard InChI is InChI=1S/C28H23NO3S/c1-28(27(31)29-26(33-28)21-11-3-2-4-12-21)18-17-24(30)32-25-22-13-7-5-9-19(22)15-16-20-10-6-8-14-23(20)25/h2-14,17-18,25H,15-16H2,1H3/b18-17+/t28-/m0/s1. The Balaban J connectivity index is 1.37. The number of thioether (sulfide) groups is 1. The zero-order chi connectivity index (χ0) is 22.8. The lowest BCUT2D eigenvalue weighted by Gasteiger charge is -2.20. The maximum Gasteiger partial charge on any atom is 0.331 e. The van der Waals surface area contributed by atoms with Crippen LogP contribution in [-0.2, 0) is 27.2 Å². The van der Waals surface area contributed by atoms with Crippen LogP contribution in [0.15, 0.2) is 96.0 Å². The van der Waals surface area contributed by atoms with Crippen molar-refractivity contribution >= 4 is 28.7 Å². The van der Waals surface area contributed by atoms with Gasteiger partial charge in [0.15, 0.2) is 6.10 Å². The predicted octanol–water partition coefficient (Wildman–Crippen LogP) is 5.45. The molecule has 1 heterocycles. The number of hydrogen-bond donors (Lipinski definition) is 0. The third-order valence-electron chi connectivity index (χ3n) is 6.07. The quantitative estimate of drug-likeness (QED) is 0.389. The molecule has 5 heteroatoms. The first-order valence-corrected chi connectivity index (χ1v) is 11.8. The van der Waals surface area contributed by atoms with Crippen molar-refractivity contribution in [3.05, 3.63) is 119 Å². The minimum atomic E-state index is -0.941. The van der Waals surface area contributed by atoms with Gasteiger partial charge in [0, 0.05) is 22.8 Å². The van der Waals surface area contributed by atoms with E-state index in [-0.39, 0.29) is 5.91 Å². The van der Waals surface area contributed by atoms with Crippen LogP contribution < -0.4 is 0 Å². The topological polar surface area (TPSA) is 55.7 Å². The lowest BCUT2D eigenvalue weighted by molar-refractivity contribution is -0.141. The normalized spacial score (nSPS) is 20.2. The minimum Gasteiger partial charge on any atom is -0.449 e. The molecule has 3 aromatic carbocycles. The van der Waals surface area contributed by atoms with E-state index in [1.807, 2.05) is 66.7 Å². The summed E-state index contributed by atoms with van der Waals surface area (Å²) in [5.41, 5.74) is 5.28. The number of fused-ring (bicyclic) bond motifs is 2. The van der Waals surface area contributed by atoms with Crippen LogP contribution in [0.2, 0.25) is 0 Å². The van der Waals surface area contributed by atoms with Crippen LogP contribution in [0.25, 0.3) is 0 Å². The van der Waals surface area contributed by atoms with Crippen molar-refractivity contribution in [1.29, 1.82) is 0 Å². The molecule has 0 saturated carbocycles. The largest absolute Gasteiger partial charge is 0.449 e. The second-order valence-electron chi connectivity index (χ2n) is 8.35. The Hall–Kier alpha value is -3.44. The first-order chi connectivity index (χ1) is 16.0. The Morgan fingerprint density at radius 2 is 1.52 bits per heavy atom. The molecule has 3 aromatic rings. The molecule has 5 rings (SSSR count). The molecule has 1 aliphatic heterocycles. The van der Waals surface area contributed by atoms with Crippen molar-refractivity contribution in [3.63, 3.8) is 0 Å². The van der Waals surface area contributed by atoms with Crippen molar-refractivity contribution in [2.45, 2.75) is 30.6 Å². The van der Waals surface area contributed by atoms with Gasteiger partial charge in [-0.15, -0.1) is 0 Å². The number of carbonyl (C=O) groups is 2. The molecule has 0 saturated heterocycles. The number of hydrogen-bond acceptors (Lipinski definition) is 4. The van der Waals surface area contributed by atoms with Gasteiger partial charge in [-0.1, -0.05) is 96.7 Å². The molecular formula is C28H23NO3S. The molecule has 1 aliphatic carbocycles. The zero-order valence-electron chi connectivity index (χ0n) is 18.2. The smallest absolute Gasteiger partial charge is 0.331 e. The van der Waals surface area contributed by atoms with Gasteiger partial charge in [-0.25, -0.2) is 9.79 Å². The van der Waals surface area contributed by atoms with Crippen LogP contribution >= 0.6 is 11.8 Å². The molecule has 0 N–H and O–H groups in total. The van der Waals surface area contributed by atoms with E-state index in [1.54, 1.807) is 13.0 Å². The average molecular weight is 454 g/mol. The molecule has 0 unspecified atom stereocenters. The van der Waals surface area contributed by atoms with Gasteiger partial charge in [0.25, 0.3) is 5.91 Å². The molecular weight excluding hydrogens is 430 g/mol. The summed E-state index contributed by atoms with van der Waals surface area (Å²) in [4.78, 5) is 29.8. The second-order valence-corrected chi connectivity index (χ2v) is 9.78. The number of nitrogens with zero attached hydrogens (tertiary/aromatic N) is 1. The van der Waals surface area contributed by atoms with Gasteiger partial charge in [-0.2, -0.15) is 0 Å². The van der Waals surface area contributed by atoms with Gasteiger partial charge in [0.1, 0.15) is 9.79 Å². The summed E-state index contributed by atoms with van der Waals surface area (Å²) in [5, 5.41) is 0.660. The molecule has 0 spiro atoms. The highest BCUT2D eigenvalue weighted by Gasteiger charge is 2.39. The molecule has 4 nitrogen and oxygen atoms in total. The zero-order valence-corrected chi connectivity index (χ0v) is 19.0. The number of esters is 1. The number of aliphatic imine (C=N–C) groups is 1. The van der Waals surface area contributed by atoms with E-state index in [4.69, 9.17) is 4.74 Å². The summed E-state index contributed by atoms with van der Waals surface area (Å²) in [7, 11) is 0. The highest BCUT2D eigenvalue weighted by Crippen LogP contribution is 2.38.